The summed E-state index contributed by atoms with van der Waals surface area (Å²) in [6.45, 7) is 7.03. The molecule has 0 radical (unpaired) electrons. The van der Waals surface area contributed by atoms with Crippen LogP contribution in [0.2, 0.25) is 0 Å². The van der Waals surface area contributed by atoms with Gasteiger partial charge >= 0.3 is 6.36 Å². The smallest absolute Gasteiger partial charge is 0.406 e. The number of ether oxygens (including phenoxy) is 1. The summed E-state index contributed by atoms with van der Waals surface area (Å²) in [5, 5.41) is 0. The van der Waals surface area contributed by atoms with Crippen molar-refractivity contribution in [1.29, 1.82) is 0 Å². The molecule has 0 spiro atoms. The zero-order valence-electron chi connectivity index (χ0n) is 14.0. The van der Waals surface area contributed by atoms with Crippen molar-refractivity contribution in [3.63, 3.8) is 0 Å². The van der Waals surface area contributed by atoms with Crippen LogP contribution >= 0.6 is 0 Å². The van der Waals surface area contributed by atoms with Gasteiger partial charge in [-0.15, -0.1) is 13.2 Å². The first-order chi connectivity index (χ1) is 12.0. The average Bonchev–Trinajstić information content (AvgIpc) is 2.75. The zero-order chi connectivity index (χ0) is 19.3. The van der Waals surface area contributed by atoms with E-state index in [0.29, 0.717) is 11.3 Å². The van der Waals surface area contributed by atoms with Crippen molar-refractivity contribution in [3.8, 4) is 5.75 Å². The summed E-state index contributed by atoms with van der Waals surface area (Å²) in [6.07, 6.45) is -3.30. The van der Waals surface area contributed by atoms with Crippen LogP contribution in [-0.2, 0) is 10.2 Å². The molecule has 0 N–H and O–H groups in total. The van der Waals surface area contributed by atoms with Crippen molar-refractivity contribution in [1.82, 2.24) is 0 Å². The fourth-order valence-electron chi connectivity index (χ4n) is 2.98. The Bertz CT molecular complexity index is 903. The standard InChI is InChI=1S/C19H15F4NO2/c1-4-11-5-8-15-13(9-11)18(2,3)17(25)24(15)16-10-12(6-7-14(16)20)26-19(21,22)23/h4-10H,1H2,2-3H3. The molecule has 7 heteroatoms. The average molecular weight is 365 g/mol. The SMILES string of the molecule is C=Cc1ccc2c(c1)C(C)(C)C(=O)N2c1cc(OC(F)(F)F)ccc1F. The van der Waals surface area contributed by atoms with E-state index < -0.39 is 29.3 Å². The maximum absolute atomic E-state index is 14.4. The van der Waals surface area contributed by atoms with Crippen molar-refractivity contribution >= 4 is 23.4 Å². The van der Waals surface area contributed by atoms with Gasteiger partial charge in [0.25, 0.3) is 0 Å². The number of halogens is 4. The largest absolute Gasteiger partial charge is 0.573 e. The van der Waals surface area contributed by atoms with Gasteiger partial charge in [-0.05, 0) is 49.2 Å². The van der Waals surface area contributed by atoms with E-state index in [-0.39, 0.29) is 5.69 Å². The number of anilines is 2. The van der Waals surface area contributed by atoms with Crippen molar-refractivity contribution in [2.24, 2.45) is 0 Å². The molecule has 0 atom stereocenters. The van der Waals surface area contributed by atoms with Gasteiger partial charge in [0.05, 0.1) is 16.8 Å². The summed E-state index contributed by atoms with van der Waals surface area (Å²) in [6, 6.07) is 7.64. The number of fused-ring (bicyclic) bond motifs is 1. The van der Waals surface area contributed by atoms with E-state index in [0.717, 1.165) is 28.7 Å². The van der Waals surface area contributed by atoms with E-state index in [1.165, 1.54) is 0 Å². The molecular weight excluding hydrogens is 350 g/mol. The minimum Gasteiger partial charge on any atom is -0.406 e. The van der Waals surface area contributed by atoms with E-state index in [1.54, 1.807) is 38.1 Å². The second kappa shape index (κ2) is 5.86. The van der Waals surface area contributed by atoms with Crippen molar-refractivity contribution in [3.05, 3.63) is 59.9 Å². The van der Waals surface area contributed by atoms with Crippen molar-refractivity contribution < 1.29 is 27.1 Å². The number of rotatable bonds is 3. The fraction of sp³-hybridized carbons (Fsp3) is 0.211. The Kier molecular flexibility index (Phi) is 4.05. The molecule has 2 aromatic carbocycles. The molecule has 3 nitrogen and oxygen atoms in total. The van der Waals surface area contributed by atoms with Gasteiger partial charge in [0.15, 0.2) is 0 Å². The van der Waals surface area contributed by atoms with Gasteiger partial charge in [0.1, 0.15) is 11.6 Å². The Balaban J connectivity index is 2.15. The quantitative estimate of drug-likeness (QED) is 0.689. The predicted molar refractivity (Wildman–Crippen MR) is 89.8 cm³/mol. The lowest BCUT2D eigenvalue weighted by Gasteiger charge is -2.21. The van der Waals surface area contributed by atoms with Gasteiger partial charge in [-0.3, -0.25) is 9.69 Å². The third-order valence-electron chi connectivity index (χ3n) is 4.30. The van der Waals surface area contributed by atoms with Crippen LogP contribution in [0.25, 0.3) is 6.08 Å². The van der Waals surface area contributed by atoms with Crippen LogP contribution in [0.1, 0.15) is 25.0 Å². The Hall–Kier alpha value is -2.83. The van der Waals surface area contributed by atoms with Crippen LogP contribution in [0.4, 0.5) is 28.9 Å². The van der Waals surface area contributed by atoms with E-state index in [9.17, 15) is 22.4 Å². The van der Waals surface area contributed by atoms with Gasteiger partial charge in [-0.2, -0.15) is 0 Å². The molecule has 0 aliphatic carbocycles. The summed E-state index contributed by atoms with van der Waals surface area (Å²) >= 11 is 0. The highest BCUT2D eigenvalue weighted by atomic mass is 19.4. The van der Waals surface area contributed by atoms with E-state index in [4.69, 9.17) is 0 Å². The number of carbonyl (C=O) groups excluding carboxylic acids is 1. The Labute approximate surface area is 147 Å². The molecule has 2 aromatic rings. The van der Waals surface area contributed by atoms with Crippen LogP contribution in [0.5, 0.6) is 5.75 Å². The molecule has 1 aliphatic rings. The lowest BCUT2D eigenvalue weighted by molar-refractivity contribution is -0.274. The molecule has 3 rings (SSSR count). The molecule has 1 amide bonds. The van der Waals surface area contributed by atoms with E-state index in [1.807, 2.05) is 0 Å². The lowest BCUT2D eigenvalue weighted by atomic mass is 9.85. The zero-order valence-corrected chi connectivity index (χ0v) is 14.0. The number of nitrogens with zero attached hydrogens (tertiary/aromatic N) is 1. The highest BCUT2D eigenvalue weighted by molar-refractivity contribution is 6.12. The van der Waals surface area contributed by atoms with Crippen LogP contribution in [0.15, 0.2) is 43.0 Å². The highest BCUT2D eigenvalue weighted by Gasteiger charge is 2.45. The minimum absolute atomic E-state index is 0.296. The first-order valence-corrected chi connectivity index (χ1v) is 7.71. The van der Waals surface area contributed by atoms with Gasteiger partial charge in [-0.1, -0.05) is 18.7 Å². The molecule has 0 saturated heterocycles. The Morgan fingerprint density at radius 3 is 2.42 bits per heavy atom. The van der Waals surface area contributed by atoms with Crippen molar-refractivity contribution in [2.45, 2.75) is 25.6 Å². The topological polar surface area (TPSA) is 29.5 Å². The molecule has 136 valence electrons. The van der Waals surface area contributed by atoms with Gasteiger partial charge in [0.2, 0.25) is 5.91 Å². The second-order valence-electron chi connectivity index (χ2n) is 6.41. The number of hydrogen-bond donors (Lipinski definition) is 0. The third kappa shape index (κ3) is 2.94. The van der Waals surface area contributed by atoms with Crippen LogP contribution in [0.3, 0.4) is 0 Å². The number of alkyl halides is 3. The number of amides is 1. The normalized spacial score (nSPS) is 15.8. The van der Waals surface area contributed by atoms with Gasteiger partial charge < -0.3 is 4.74 Å². The van der Waals surface area contributed by atoms with Crippen molar-refractivity contribution in [2.75, 3.05) is 4.90 Å². The van der Waals surface area contributed by atoms with Crippen LogP contribution in [-0.4, -0.2) is 12.3 Å². The number of carbonyl (C=O) groups is 1. The van der Waals surface area contributed by atoms with E-state index in [2.05, 4.69) is 11.3 Å². The minimum atomic E-state index is -4.92. The monoisotopic (exact) mass is 365 g/mol. The maximum atomic E-state index is 14.4. The first kappa shape index (κ1) is 18.0. The molecule has 26 heavy (non-hydrogen) atoms. The second-order valence-corrected chi connectivity index (χ2v) is 6.41. The Morgan fingerprint density at radius 1 is 1.12 bits per heavy atom. The molecule has 0 unspecified atom stereocenters. The molecule has 0 aromatic heterocycles. The van der Waals surface area contributed by atoms with Crippen LogP contribution < -0.4 is 9.64 Å². The summed E-state index contributed by atoms with van der Waals surface area (Å²) in [5.41, 5.74) is 0.563. The fourth-order valence-corrected chi connectivity index (χ4v) is 2.98. The summed E-state index contributed by atoms with van der Waals surface area (Å²) in [4.78, 5) is 14.0. The van der Waals surface area contributed by atoms with Gasteiger partial charge in [0, 0.05) is 6.07 Å². The first-order valence-electron chi connectivity index (χ1n) is 7.71. The molecule has 0 bridgehead atoms. The number of benzene rings is 2. The number of hydrogen-bond acceptors (Lipinski definition) is 2. The maximum Gasteiger partial charge on any atom is 0.573 e. The Morgan fingerprint density at radius 2 is 1.81 bits per heavy atom. The molecule has 1 heterocycles. The van der Waals surface area contributed by atoms with Gasteiger partial charge in [-0.25, -0.2) is 4.39 Å². The molecule has 0 fully saturated rings. The van der Waals surface area contributed by atoms with E-state index >= 15 is 0 Å². The lowest BCUT2D eigenvalue weighted by Crippen LogP contribution is -2.33. The summed E-state index contributed by atoms with van der Waals surface area (Å²) < 4.78 is 55.6. The predicted octanol–water partition coefficient (Wildman–Crippen LogP) is 5.32. The molecule has 0 saturated carbocycles. The molecular formula is C19H15F4NO2. The summed E-state index contributed by atoms with van der Waals surface area (Å²) in [5.74, 6) is -1.88. The summed E-state index contributed by atoms with van der Waals surface area (Å²) in [7, 11) is 0. The van der Waals surface area contributed by atoms with Crippen LogP contribution in [0, 0.1) is 5.82 Å². The molecule has 1 aliphatic heterocycles. The highest BCUT2D eigenvalue weighted by Crippen LogP contribution is 2.47. The third-order valence-corrected chi connectivity index (χ3v) is 4.30.